The Kier molecular flexibility index (Phi) is 8.68. The fourth-order valence-electron chi connectivity index (χ4n) is 3.81. The van der Waals surface area contributed by atoms with Crippen LogP contribution in [0.15, 0.2) is 48.5 Å². The van der Waals surface area contributed by atoms with E-state index in [1.807, 2.05) is 17.4 Å². The van der Waals surface area contributed by atoms with Crippen LogP contribution in [0.25, 0.3) is 0 Å². The van der Waals surface area contributed by atoms with Gasteiger partial charge in [0.25, 0.3) is 0 Å². The Morgan fingerprint density at radius 1 is 0.967 bits per heavy atom. The molecule has 0 amide bonds. The third-order valence-corrected chi connectivity index (χ3v) is 4.91. The molecular weight excluding hydrogens is 381 g/mol. The maximum atomic E-state index is 13.5. The number of benzene rings is 2. The Balaban J connectivity index is 1.68. The van der Waals surface area contributed by atoms with Crippen molar-refractivity contribution in [3.63, 3.8) is 0 Å². The number of hydrogen-bond acceptors (Lipinski definition) is 3. The zero-order valence-electron chi connectivity index (χ0n) is 19.0. The number of nitrogens with two attached hydrogens (primary N) is 1. The monoisotopic (exact) mass is 418 g/mol. The number of hydrogen-bond donors (Lipinski definition) is 2. The molecular formula is C25H37FNO3+. The minimum Gasteiger partial charge on any atom is -0.491 e. The van der Waals surface area contributed by atoms with E-state index < -0.39 is 6.10 Å². The van der Waals surface area contributed by atoms with E-state index in [1.54, 1.807) is 18.2 Å². The average Bonchev–Trinajstić information content (AvgIpc) is 2.66. The summed E-state index contributed by atoms with van der Waals surface area (Å²) in [5.74, 6) is 0.648. The van der Waals surface area contributed by atoms with Gasteiger partial charge in [0.05, 0.1) is 0 Å². The first-order chi connectivity index (χ1) is 14.1. The number of aliphatic hydroxyl groups excluding tert-OH is 1. The van der Waals surface area contributed by atoms with Gasteiger partial charge in [-0.3, -0.25) is 0 Å². The second-order valence-electron chi connectivity index (χ2n) is 9.70. The SMILES string of the molecule is CC(C)(C)CC(C)(C)c1ccc(OC[C@@H](O)C[NH2+]CCOc2ccccc2F)cc1. The first-order valence-electron chi connectivity index (χ1n) is 10.7. The largest absolute Gasteiger partial charge is 0.491 e. The van der Waals surface area contributed by atoms with E-state index in [0.29, 0.717) is 19.7 Å². The Labute approximate surface area is 180 Å². The lowest BCUT2D eigenvalue weighted by Gasteiger charge is -2.33. The highest BCUT2D eigenvalue weighted by atomic mass is 19.1. The van der Waals surface area contributed by atoms with Crippen molar-refractivity contribution in [1.29, 1.82) is 0 Å². The highest BCUT2D eigenvalue weighted by molar-refractivity contribution is 5.31. The molecule has 0 fully saturated rings. The highest BCUT2D eigenvalue weighted by Gasteiger charge is 2.27. The number of ether oxygens (including phenoxy) is 2. The van der Waals surface area contributed by atoms with E-state index in [-0.39, 0.29) is 29.0 Å². The molecule has 0 aliphatic carbocycles. The van der Waals surface area contributed by atoms with E-state index >= 15 is 0 Å². The predicted octanol–water partition coefficient (Wildman–Crippen LogP) is 3.92. The number of para-hydroxylation sites is 1. The van der Waals surface area contributed by atoms with Gasteiger partial charge in [-0.05, 0) is 47.1 Å². The molecule has 5 heteroatoms. The van der Waals surface area contributed by atoms with E-state index in [9.17, 15) is 9.50 Å². The van der Waals surface area contributed by atoms with Gasteiger partial charge in [-0.1, -0.05) is 58.9 Å². The Bertz CT molecular complexity index is 769. The van der Waals surface area contributed by atoms with Crippen LogP contribution >= 0.6 is 0 Å². The smallest absolute Gasteiger partial charge is 0.165 e. The van der Waals surface area contributed by atoms with Crippen LogP contribution in [0.3, 0.4) is 0 Å². The summed E-state index contributed by atoms with van der Waals surface area (Å²) in [6, 6.07) is 14.5. The topological polar surface area (TPSA) is 55.3 Å². The number of halogens is 1. The molecule has 166 valence electrons. The van der Waals surface area contributed by atoms with Crippen LogP contribution in [0.5, 0.6) is 11.5 Å². The summed E-state index contributed by atoms with van der Waals surface area (Å²) in [4.78, 5) is 0. The van der Waals surface area contributed by atoms with E-state index in [1.165, 1.54) is 11.6 Å². The zero-order chi connectivity index (χ0) is 22.2. The van der Waals surface area contributed by atoms with Gasteiger partial charge < -0.3 is 19.9 Å². The second-order valence-corrected chi connectivity index (χ2v) is 9.70. The second kappa shape index (κ2) is 10.8. The average molecular weight is 419 g/mol. The Morgan fingerprint density at radius 3 is 2.27 bits per heavy atom. The van der Waals surface area contributed by atoms with Gasteiger partial charge in [0.1, 0.15) is 38.2 Å². The maximum absolute atomic E-state index is 13.5. The molecule has 0 radical (unpaired) electrons. The summed E-state index contributed by atoms with van der Waals surface area (Å²) in [6.45, 7) is 13.0. The van der Waals surface area contributed by atoms with Crippen molar-refractivity contribution >= 4 is 0 Å². The van der Waals surface area contributed by atoms with E-state index in [2.05, 4.69) is 46.8 Å². The lowest BCUT2D eigenvalue weighted by molar-refractivity contribution is -0.661. The molecule has 4 nitrogen and oxygen atoms in total. The summed E-state index contributed by atoms with van der Waals surface area (Å²) in [7, 11) is 0. The molecule has 0 bridgehead atoms. The molecule has 0 heterocycles. The lowest BCUT2D eigenvalue weighted by atomic mass is 9.72. The Morgan fingerprint density at radius 2 is 1.63 bits per heavy atom. The third-order valence-electron chi connectivity index (χ3n) is 4.91. The molecule has 1 atom stereocenters. The molecule has 2 rings (SSSR count). The van der Waals surface area contributed by atoms with Gasteiger partial charge in [-0.25, -0.2) is 4.39 Å². The summed E-state index contributed by atoms with van der Waals surface area (Å²) >= 11 is 0. The van der Waals surface area contributed by atoms with Crippen molar-refractivity contribution in [2.45, 2.75) is 52.6 Å². The normalized spacial score (nSPS) is 13.2. The van der Waals surface area contributed by atoms with Crippen molar-refractivity contribution in [3.05, 3.63) is 59.9 Å². The molecule has 2 aromatic carbocycles. The van der Waals surface area contributed by atoms with Crippen LogP contribution in [-0.4, -0.2) is 37.5 Å². The maximum Gasteiger partial charge on any atom is 0.165 e. The molecule has 3 N–H and O–H groups in total. The molecule has 2 aromatic rings. The van der Waals surface area contributed by atoms with Crippen LogP contribution in [-0.2, 0) is 5.41 Å². The first-order valence-corrected chi connectivity index (χ1v) is 10.7. The highest BCUT2D eigenvalue weighted by Crippen LogP contribution is 2.36. The van der Waals surface area contributed by atoms with Crippen molar-refractivity contribution in [2.75, 3.05) is 26.3 Å². The first kappa shape index (κ1) is 24.2. The van der Waals surface area contributed by atoms with Crippen molar-refractivity contribution in [3.8, 4) is 11.5 Å². The molecule has 0 aromatic heterocycles. The standard InChI is InChI=1S/C25H36FNO3/c1-24(2,3)18-25(4,5)19-10-12-21(13-11-19)30-17-20(28)16-27-14-15-29-23-9-7-6-8-22(23)26/h6-13,20,27-28H,14-18H2,1-5H3/p+1/t20-/m0/s1. The summed E-state index contributed by atoms with van der Waals surface area (Å²) in [5.41, 5.74) is 1.64. The van der Waals surface area contributed by atoms with Gasteiger partial charge in [0, 0.05) is 0 Å². The van der Waals surface area contributed by atoms with Gasteiger partial charge in [-0.2, -0.15) is 0 Å². The van der Waals surface area contributed by atoms with Crippen LogP contribution in [0.4, 0.5) is 4.39 Å². The van der Waals surface area contributed by atoms with E-state index in [0.717, 1.165) is 12.2 Å². The molecule has 0 saturated heterocycles. The summed E-state index contributed by atoms with van der Waals surface area (Å²) < 4.78 is 24.6. The van der Waals surface area contributed by atoms with Crippen LogP contribution in [0.1, 0.15) is 46.6 Å². The fraction of sp³-hybridized carbons (Fsp3) is 0.520. The minimum absolute atomic E-state index is 0.0932. The summed E-state index contributed by atoms with van der Waals surface area (Å²) in [6.07, 6.45) is 0.505. The summed E-state index contributed by atoms with van der Waals surface area (Å²) in [5, 5.41) is 12.1. The van der Waals surface area contributed by atoms with Crippen molar-refractivity contribution in [2.24, 2.45) is 5.41 Å². The number of rotatable bonds is 11. The molecule has 30 heavy (non-hydrogen) atoms. The number of aliphatic hydroxyl groups is 1. The fourth-order valence-corrected chi connectivity index (χ4v) is 3.81. The lowest BCUT2D eigenvalue weighted by Crippen LogP contribution is -2.87. The third kappa shape index (κ3) is 8.33. The van der Waals surface area contributed by atoms with E-state index in [4.69, 9.17) is 9.47 Å². The quantitative estimate of drug-likeness (QED) is 0.544. The number of quaternary nitrogens is 1. The van der Waals surface area contributed by atoms with Crippen molar-refractivity contribution in [1.82, 2.24) is 0 Å². The predicted molar refractivity (Wildman–Crippen MR) is 119 cm³/mol. The molecule has 0 unspecified atom stereocenters. The minimum atomic E-state index is -0.588. The van der Waals surface area contributed by atoms with Gasteiger partial charge in [-0.15, -0.1) is 0 Å². The molecule has 0 saturated carbocycles. The van der Waals surface area contributed by atoms with Gasteiger partial charge in [0.15, 0.2) is 11.6 Å². The van der Waals surface area contributed by atoms with Crippen molar-refractivity contribution < 1.29 is 24.3 Å². The van der Waals surface area contributed by atoms with Crippen LogP contribution < -0.4 is 14.8 Å². The molecule has 0 aliphatic rings. The van der Waals surface area contributed by atoms with Gasteiger partial charge >= 0.3 is 0 Å². The van der Waals surface area contributed by atoms with Crippen LogP contribution in [0, 0.1) is 11.2 Å². The molecule has 0 aliphatic heterocycles. The Hall–Kier alpha value is -2.11. The van der Waals surface area contributed by atoms with Gasteiger partial charge in [0.2, 0.25) is 0 Å². The molecule has 0 spiro atoms. The van der Waals surface area contributed by atoms with Crippen LogP contribution in [0.2, 0.25) is 0 Å². The zero-order valence-corrected chi connectivity index (χ0v) is 19.0.